The van der Waals surface area contributed by atoms with Crippen LogP contribution >= 0.6 is 11.3 Å². The Kier molecular flexibility index (Phi) is 5.25. The minimum absolute atomic E-state index is 0.230. The lowest BCUT2D eigenvalue weighted by Crippen LogP contribution is -2.46. The van der Waals surface area contributed by atoms with Crippen LogP contribution in [0.25, 0.3) is 16.6 Å². The van der Waals surface area contributed by atoms with Crippen molar-refractivity contribution >= 4 is 16.9 Å². The molecule has 154 valence electrons. The van der Waals surface area contributed by atoms with Gasteiger partial charge in [0.05, 0.1) is 18.7 Å². The van der Waals surface area contributed by atoms with E-state index in [1.165, 1.54) is 4.88 Å². The van der Waals surface area contributed by atoms with Crippen molar-refractivity contribution in [2.24, 2.45) is 0 Å². The number of benzene rings is 1. The topological polar surface area (TPSA) is 45.9 Å². The number of methoxy groups -OCH3 is 1. The summed E-state index contributed by atoms with van der Waals surface area (Å²) in [5.74, 6) is 0.855. The summed E-state index contributed by atoms with van der Waals surface area (Å²) in [6.07, 6.45) is 2.04. The minimum Gasteiger partial charge on any atom is -0.496 e. The summed E-state index contributed by atoms with van der Waals surface area (Å²) in [6, 6.07) is 16.9. The highest BCUT2D eigenvalue weighted by molar-refractivity contribution is 7.09. The van der Waals surface area contributed by atoms with Gasteiger partial charge in [0.15, 0.2) is 0 Å². The van der Waals surface area contributed by atoms with Crippen LogP contribution in [0.1, 0.15) is 16.6 Å². The molecule has 3 aromatic heterocycles. The monoisotopic (exact) mass is 419 g/mol. The molecular formula is C23H25N5OS. The van der Waals surface area contributed by atoms with Crippen LogP contribution < -0.4 is 4.74 Å². The normalized spacial score (nSPS) is 18.1. The molecule has 0 aliphatic carbocycles. The van der Waals surface area contributed by atoms with Gasteiger partial charge in [0.25, 0.3) is 0 Å². The number of thiophene rings is 1. The number of hydrogen-bond donors (Lipinski definition) is 0. The number of nitrogens with zero attached hydrogens (tertiary/aromatic N) is 5. The Morgan fingerprint density at radius 1 is 1.10 bits per heavy atom. The Morgan fingerprint density at radius 3 is 2.83 bits per heavy atom. The van der Waals surface area contributed by atoms with Gasteiger partial charge in [-0.2, -0.15) is 0 Å². The Morgan fingerprint density at radius 2 is 2.00 bits per heavy atom. The second kappa shape index (κ2) is 8.18. The van der Waals surface area contributed by atoms with Crippen LogP contribution in [0.3, 0.4) is 0 Å². The molecule has 1 saturated heterocycles. The van der Waals surface area contributed by atoms with Crippen molar-refractivity contribution in [3.63, 3.8) is 0 Å². The van der Waals surface area contributed by atoms with Gasteiger partial charge in [-0.15, -0.1) is 16.4 Å². The largest absolute Gasteiger partial charge is 0.496 e. The van der Waals surface area contributed by atoms with Crippen LogP contribution in [0.2, 0.25) is 0 Å². The molecule has 1 atom stereocenters. The molecule has 1 aliphatic heterocycles. The van der Waals surface area contributed by atoms with E-state index in [-0.39, 0.29) is 6.04 Å². The van der Waals surface area contributed by atoms with Crippen molar-refractivity contribution < 1.29 is 4.74 Å². The predicted molar refractivity (Wildman–Crippen MR) is 120 cm³/mol. The molecule has 0 N–H and O–H groups in total. The van der Waals surface area contributed by atoms with E-state index in [4.69, 9.17) is 4.74 Å². The molecule has 0 amide bonds. The average molecular weight is 420 g/mol. The van der Waals surface area contributed by atoms with E-state index in [0.717, 1.165) is 54.3 Å². The molecular weight excluding hydrogens is 394 g/mol. The lowest BCUT2D eigenvalue weighted by molar-refractivity contribution is 0.0896. The summed E-state index contributed by atoms with van der Waals surface area (Å²) in [5, 5.41) is 11.2. The van der Waals surface area contributed by atoms with Crippen LogP contribution in [0, 0.1) is 0 Å². The van der Waals surface area contributed by atoms with Crippen LogP contribution in [-0.2, 0) is 6.54 Å². The van der Waals surface area contributed by atoms with Gasteiger partial charge in [-0.25, -0.2) is 4.52 Å². The van der Waals surface area contributed by atoms with E-state index in [2.05, 4.69) is 62.9 Å². The van der Waals surface area contributed by atoms with E-state index in [0.29, 0.717) is 0 Å². The van der Waals surface area contributed by atoms with Gasteiger partial charge in [0.1, 0.15) is 11.4 Å². The molecule has 0 bridgehead atoms. The third-order valence-electron chi connectivity index (χ3n) is 5.87. The van der Waals surface area contributed by atoms with Crippen molar-refractivity contribution in [1.29, 1.82) is 0 Å². The summed E-state index contributed by atoms with van der Waals surface area (Å²) >= 11 is 1.82. The summed E-state index contributed by atoms with van der Waals surface area (Å²) in [7, 11) is 3.88. The summed E-state index contributed by atoms with van der Waals surface area (Å²) < 4.78 is 7.42. The van der Waals surface area contributed by atoms with E-state index in [1.54, 1.807) is 7.11 Å². The molecule has 0 unspecified atom stereocenters. The molecule has 0 spiro atoms. The highest BCUT2D eigenvalue weighted by atomic mass is 32.1. The Bertz CT molecular complexity index is 1140. The third kappa shape index (κ3) is 3.60. The van der Waals surface area contributed by atoms with Crippen LogP contribution in [0.15, 0.2) is 60.1 Å². The molecule has 5 rings (SSSR count). The minimum atomic E-state index is 0.230. The molecule has 1 aromatic carbocycles. The molecule has 1 aliphatic rings. The fourth-order valence-corrected chi connectivity index (χ4v) is 4.93. The standard InChI is InChI=1S/C23H25N5OS/c1-26-11-12-27(15-18-6-5-13-30-18)16-21(26)23-20-10-9-17(14-28(20)25-24-23)19-7-3-4-8-22(19)29-2/h3-10,13-14,21H,11-12,15-16H2,1-2H3/t21-/m1/s1. The van der Waals surface area contributed by atoms with Crippen molar-refractivity contribution in [3.05, 3.63) is 70.7 Å². The van der Waals surface area contributed by atoms with E-state index < -0.39 is 0 Å². The Hall–Kier alpha value is -2.74. The quantitative estimate of drug-likeness (QED) is 0.490. The van der Waals surface area contributed by atoms with Gasteiger partial charge >= 0.3 is 0 Å². The van der Waals surface area contributed by atoms with Crippen LogP contribution in [0.4, 0.5) is 0 Å². The van der Waals surface area contributed by atoms with Gasteiger partial charge in [-0.05, 0) is 30.6 Å². The SMILES string of the molecule is COc1ccccc1-c1ccc2c([C@H]3CN(Cc4cccs4)CCN3C)nnn2c1. The lowest BCUT2D eigenvalue weighted by atomic mass is 10.0. The number of fused-ring (bicyclic) bond motifs is 1. The van der Waals surface area contributed by atoms with Gasteiger partial charge in [-0.3, -0.25) is 9.80 Å². The van der Waals surface area contributed by atoms with E-state index >= 15 is 0 Å². The van der Waals surface area contributed by atoms with Gasteiger partial charge < -0.3 is 4.74 Å². The van der Waals surface area contributed by atoms with Gasteiger partial charge in [-0.1, -0.05) is 35.5 Å². The highest BCUT2D eigenvalue weighted by Gasteiger charge is 2.29. The fraction of sp³-hybridized carbons (Fsp3) is 0.304. The maximum absolute atomic E-state index is 5.52. The first kappa shape index (κ1) is 19.2. The summed E-state index contributed by atoms with van der Waals surface area (Å²) in [5.41, 5.74) is 4.21. The maximum Gasteiger partial charge on any atom is 0.126 e. The van der Waals surface area contributed by atoms with Crippen LogP contribution in [-0.4, -0.2) is 58.4 Å². The zero-order valence-corrected chi connectivity index (χ0v) is 18.0. The molecule has 0 saturated carbocycles. The first-order chi connectivity index (χ1) is 14.7. The lowest BCUT2D eigenvalue weighted by Gasteiger charge is -2.38. The Labute approximate surface area is 180 Å². The first-order valence-electron chi connectivity index (χ1n) is 10.2. The number of pyridine rings is 1. The van der Waals surface area contributed by atoms with Gasteiger partial charge in [0.2, 0.25) is 0 Å². The molecule has 0 radical (unpaired) electrons. The second-order valence-electron chi connectivity index (χ2n) is 7.73. The fourth-order valence-electron chi connectivity index (χ4n) is 4.19. The maximum atomic E-state index is 5.52. The summed E-state index contributed by atoms with van der Waals surface area (Å²) in [6.45, 7) is 4.05. The highest BCUT2D eigenvalue weighted by Crippen LogP contribution is 2.32. The summed E-state index contributed by atoms with van der Waals surface area (Å²) in [4.78, 5) is 6.32. The molecule has 6 nitrogen and oxygen atoms in total. The number of likely N-dealkylation sites (N-methyl/N-ethyl adjacent to an activating group) is 1. The van der Waals surface area contributed by atoms with Crippen molar-refractivity contribution in [2.75, 3.05) is 33.8 Å². The predicted octanol–water partition coefficient (Wildman–Crippen LogP) is 3.96. The molecule has 1 fully saturated rings. The number of aromatic nitrogens is 3. The molecule has 7 heteroatoms. The van der Waals surface area contributed by atoms with Crippen molar-refractivity contribution in [2.45, 2.75) is 12.6 Å². The van der Waals surface area contributed by atoms with Crippen LogP contribution in [0.5, 0.6) is 5.75 Å². The first-order valence-corrected chi connectivity index (χ1v) is 11.0. The molecule has 4 aromatic rings. The van der Waals surface area contributed by atoms with E-state index in [9.17, 15) is 0 Å². The number of hydrogen-bond acceptors (Lipinski definition) is 6. The Balaban J connectivity index is 1.44. The van der Waals surface area contributed by atoms with Crippen molar-refractivity contribution in [3.8, 4) is 16.9 Å². The number of ether oxygens (including phenoxy) is 1. The third-order valence-corrected chi connectivity index (χ3v) is 6.73. The zero-order chi connectivity index (χ0) is 20.5. The average Bonchev–Trinajstić information content (AvgIpc) is 3.44. The smallest absolute Gasteiger partial charge is 0.126 e. The zero-order valence-electron chi connectivity index (χ0n) is 17.2. The molecule has 4 heterocycles. The second-order valence-corrected chi connectivity index (χ2v) is 8.77. The van der Waals surface area contributed by atoms with Crippen molar-refractivity contribution in [1.82, 2.24) is 24.6 Å². The molecule has 30 heavy (non-hydrogen) atoms. The number of piperazine rings is 1. The van der Waals surface area contributed by atoms with Gasteiger partial charge in [0, 0.05) is 48.4 Å². The number of para-hydroxylation sites is 1. The number of rotatable bonds is 5. The van der Waals surface area contributed by atoms with E-state index in [1.807, 2.05) is 40.2 Å².